The van der Waals surface area contributed by atoms with Gasteiger partial charge in [-0.3, -0.25) is 23.9 Å². The number of aliphatic hydroxyl groups is 1. The van der Waals surface area contributed by atoms with Gasteiger partial charge in [-0.1, -0.05) is 48.0 Å². The summed E-state index contributed by atoms with van der Waals surface area (Å²) in [7, 11) is 4.04. The second-order valence-corrected chi connectivity index (χ2v) is 16.1. The van der Waals surface area contributed by atoms with E-state index >= 15 is 0 Å². The summed E-state index contributed by atoms with van der Waals surface area (Å²) in [5, 5.41) is 16.6. The van der Waals surface area contributed by atoms with E-state index in [-0.39, 0.29) is 29.8 Å². The molecule has 12 heteroatoms. The van der Waals surface area contributed by atoms with E-state index in [2.05, 4.69) is 15.2 Å². The monoisotopic (exact) mass is 778 g/mol. The molecule has 0 unspecified atom stereocenters. The number of benzene rings is 3. The lowest BCUT2D eigenvalue weighted by atomic mass is 9.88. The van der Waals surface area contributed by atoms with Crippen LogP contribution in [0.2, 0.25) is 5.02 Å². The van der Waals surface area contributed by atoms with Gasteiger partial charge < -0.3 is 25.0 Å². The van der Waals surface area contributed by atoms with Crippen molar-refractivity contribution in [2.45, 2.75) is 69.4 Å². The Bertz CT molecular complexity index is 2230. The van der Waals surface area contributed by atoms with Crippen LogP contribution in [0, 0.1) is 5.92 Å². The van der Waals surface area contributed by atoms with E-state index in [0.717, 1.165) is 48.0 Å². The van der Waals surface area contributed by atoms with E-state index in [1.807, 2.05) is 61.5 Å². The molecule has 11 nitrogen and oxygen atoms in total. The normalized spacial score (nSPS) is 16.0. The van der Waals surface area contributed by atoms with Gasteiger partial charge in [0, 0.05) is 60.7 Å². The van der Waals surface area contributed by atoms with Crippen molar-refractivity contribution in [3.63, 3.8) is 0 Å². The molecular formula is C44H51ClN6O5. The number of carbonyl (C=O) groups is 2. The predicted octanol–water partition coefficient (Wildman–Crippen LogP) is 6.23. The second-order valence-electron chi connectivity index (χ2n) is 15.7. The van der Waals surface area contributed by atoms with Gasteiger partial charge in [-0.05, 0) is 101 Å². The van der Waals surface area contributed by atoms with Crippen molar-refractivity contribution in [2.75, 3.05) is 46.9 Å². The molecule has 3 aromatic carbocycles. The standard InChI is InChI=1S/C44H51ClN6O5/c1-49(2)20-7-23-56-34-14-16-36-39(26-34)47-29-51(43(36)54)28-44(55)17-21-50(22-18-44)42(53)33(24-30-8-4-3-5-9-30)10-6-19-46-41(52)32-13-15-35-37(45)27-38(31-11-12-31)48-40(35)25-32/h3-5,8-9,13-16,25-27,29,31,33,55H,6-7,10-12,17-24,28H2,1-2H3,(H,46,52)/t33-/m0/s1. The molecular weight excluding hydrogens is 728 g/mol. The number of hydrogen-bond acceptors (Lipinski definition) is 8. The Morgan fingerprint density at radius 3 is 2.52 bits per heavy atom. The van der Waals surface area contributed by atoms with E-state index in [1.54, 1.807) is 30.3 Å². The van der Waals surface area contributed by atoms with E-state index in [4.69, 9.17) is 21.3 Å². The number of nitrogens with zero attached hydrogens (tertiary/aromatic N) is 5. The van der Waals surface area contributed by atoms with Crippen molar-refractivity contribution >= 4 is 45.2 Å². The fourth-order valence-corrected chi connectivity index (χ4v) is 7.86. The van der Waals surface area contributed by atoms with Gasteiger partial charge in [0.1, 0.15) is 5.75 Å². The fraction of sp³-hybridized carbons (Fsp3) is 0.432. The van der Waals surface area contributed by atoms with Crippen molar-refractivity contribution in [1.29, 1.82) is 0 Å². The van der Waals surface area contributed by atoms with Crippen LogP contribution in [0.4, 0.5) is 0 Å². The summed E-state index contributed by atoms with van der Waals surface area (Å²) in [6.45, 7) is 2.76. The number of likely N-dealkylation sites (tertiary alicyclic amines) is 1. The average Bonchev–Trinajstić information content (AvgIpc) is 4.05. The highest BCUT2D eigenvalue weighted by Crippen LogP contribution is 2.41. The summed E-state index contributed by atoms with van der Waals surface area (Å²) < 4.78 is 7.33. The highest BCUT2D eigenvalue weighted by molar-refractivity contribution is 6.35. The van der Waals surface area contributed by atoms with Gasteiger partial charge in [-0.2, -0.15) is 0 Å². The van der Waals surface area contributed by atoms with Gasteiger partial charge >= 0.3 is 0 Å². The van der Waals surface area contributed by atoms with Crippen LogP contribution in [0.15, 0.2) is 83.9 Å². The van der Waals surface area contributed by atoms with Crippen LogP contribution < -0.4 is 15.6 Å². The molecule has 1 saturated carbocycles. The van der Waals surface area contributed by atoms with E-state index < -0.39 is 5.60 Å². The van der Waals surface area contributed by atoms with Crippen molar-refractivity contribution < 1.29 is 19.4 Å². The van der Waals surface area contributed by atoms with Crippen molar-refractivity contribution in [3.05, 3.63) is 111 Å². The maximum atomic E-state index is 14.1. The molecule has 3 heterocycles. The molecule has 1 aliphatic carbocycles. The van der Waals surface area contributed by atoms with Crippen molar-refractivity contribution in [1.82, 2.24) is 29.7 Å². The van der Waals surface area contributed by atoms with Gasteiger partial charge in [-0.25, -0.2) is 4.98 Å². The van der Waals surface area contributed by atoms with E-state index in [9.17, 15) is 19.5 Å². The minimum atomic E-state index is -1.16. The first kappa shape index (κ1) is 39.4. The SMILES string of the molecule is CN(C)CCCOc1ccc2c(=O)n(CC3(O)CCN(C(=O)[C@@H](CCCNC(=O)c4ccc5c(Cl)cc(C6CC6)nc5c4)Cc4ccccc4)CC3)cnc2c1. The first-order chi connectivity index (χ1) is 27.0. The quantitative estimate of drug-likeness (QED) is 0.113. The molecule has 2 amide bonds. The maximum Gasteiger partial charge on any atom is 0.261 e. The molecule has 294 valence electrons. The third-order valence-electron chi connectivity index (χ3n) is 11.0. The molecule has 56 heavy (non-hydrogen) atoms. The van der Waals surface area contributed by atoms with Crippen LogP contribution in [0.1, 0.15) is 72.5 Å². The van der Waals surface area contributed by atoms with Gasteiger partial charge in [0.05, 0.1) is 46.5 Å². The van der Waals surface area contributed by atoms with Crippen LogP contribution in [-0.2, 0) is 17.8 Å². The third kappa shape index (κ3) is 9.75. The Balaban J connectivity index is 0.940. The smallest absolute Gasteiger partial charge is 0.261 e. The summed E-state index contributed by atoms with van der Waals surface area (Å²) in [4.78, 5) is 53.9. The highest BCUT2D eigenvalue weighted by atomic mass is 35.5. The number of amides is 2. The summed E-state index contributed by atoms with van der Waals surface area (Å²) in [6, 6.07) is 22.6. The zero-order chi connectivity index (χ0) is 39.2. The molecule has 1 atom stereocenters. The Morgan fingerprint density at radius 2 is 1.77 bits per heavy atom. The molecule has 2 aromatic heterocycles. The topological polar surface area (TPSA) is 130 Å². The first-order valence-corrected chi connectivity index (χ1v) is 20.1. The summed E-state index contributed by atoms with van der Waals surface area (Å²) in [6.07, 6.45) is 7.08. The number of piperidine rings is 1. The molecule has 7 rings (SSSR count). The molecule has 0 spiro atoms. The number of fused-ring (bicyclic) bond motifs is 2. The molecule has 1 saturated heterocycles. The molecule has 5 aromatic rings. The molecule has 1 aliphatic heterocycles. The number of rotatable bonds is 16. The summed E-state index contributed by atoms with van der Waals surface area (Å²) in [5.74, 6) is 0.680. The summed E-state index contributed by atoms with van der Waals surface area (Å²) in [5.41, 5.74) is 2.47. The van der Waals surface area contributed by atoms with Crippen molar-refractivity contribution in [3.8, 4) is 5.75 Å². The van der Waals surface area contributed by atoms with Crippen LogP contribution in [0.25, 0.3) is 21.8 Å². The van der Waals surface area contributed by atoms with E-state index in [1.165, 1.54) is 10.9 Å². The average molecular weight is 779 g/mol. The molecule has 2 fully saturated rings. The number of nitrogens with one attached hydrogen (secondary N) is 1. The van der Waals surface area contributed by atoms with Gasteiger partial charge in [0.2, 0.25) is 5.91 Å². The Labute approximate surface area is 332 Å². The van der Waals surface area contributed by atoms with Crippen LogP contribution >= 0.6 is 11.6 Å². The van der Waals surface area contributed by atoms with Crippen LogP contribution in [0.3, 0.4) is 0 Å². The second kappa shape index (κ2) is 17.5. The minimum Gasteiger partial charge on any atom is -0.493 e. The highest BCUT2D eigenvalue weighted by Gasteiger charge is 2.36. The molecule has 2 N–H and O–H groups in total. The number of carbonyl (C=O) groups excluding carboxylic acids is 2. The lowest BCUT2D eigenvalue weighted by Gasteiger charge is -2.39. The first-order valence-electron chi connectivity index (χ1n) is 19.8. The number of pyridine rings is 1. The lowest BCUT2D eigenvalue weighted by Crippen LogP contribution is -2.51. The zero-order valence-corrected chi connectivity index (χ0v) is 33.0. The fourth-order valence-electron chi connectivity index (χ4n) is 7.59. The van der Waals surface area contributed by atoms with Gasteiger partial charge in [0.15, 0.2) is 0 Å². The zero-order valence-electron chi connectivity index (χ0n) is 32.3. The third-order valence-corrected chi connectivity index (χ3v) is 11.3. The largest absolute Gasteiger partial charge is 0.493 e. The molecule has 2 aliphatic rings. The Morgan fingerprint density at radius 1 is 1.00 bits per heavy atom. The van der Waals surface area contributed by atoms with Gasteiger partial charge in [0.25, 0.3) is 11.5 Å². The minimum absolute atomic E-state index is 0.0375. The van der Waals surface area contributed by atoms with Crippen LogP contribution in [-0.4, -0.2) is 93.7 Å². The number of ether oxygens (including phenoxy) is 1. The number of hydrogen-bond donors (Lipinski definition) is 2. The predicted molar refractivity (Wildman–Crippen MR) is 219 cm³/mol. The lowest BCUT2D eigenvalue weighted by molar-refractivity contribution is -0.140. The molecule has 0 radical (unpaired) electrons. The Hall–Kier alpha value is -4.84. The maximum absolute atomic E-state index is 14.1. The van der Waals surface area contributed by atoms with E-state index in [0.29, 0.717) is 91.5 Å². The Kier molecular flexibility index (Phi) is 12.3. The van der Waals surface area contributed by atoms with Crippen molar-refractivity contribution in [2.24, 2.45) is 5.92 Å². The van der Waals surface area contributed by atoms with Crippen LogP contribution in [0.5, 0.6) is 5.75 Å². The summed E-state index contributed by atoms with van der Waals surface area (Å²) >= 11 is 6.53. The number of aromatic nitrogens is 3. The van der Waals surface area contributed by atoms with Gasteiger partial charge in [-0.15, -0.1) is 0 Å². The molecule has 0 bridgehead atoms. The number of halogens is 1.